The van der Waals surface area contributed by atoms with Crippen LogP contribution in [0.15, 0.2) is 24.8 Å². The molecule has 0 unspecified atom stereocenters. The lowest BCUT2D eigenvalue weighted by atomic mass is 10.1. The van der Waals surface area contributed by atoms with Crippen LogP contribution in [0.25, 0.3) is 6.08 Å². The van der Waals surface area contributed by atoms with E-state index in [1.807, 2.05) is 20.8 Å². The van der Waals surface area contributed by atoms with Gasteiger partial charge in [-0.3, -0.25) is 0 Å². The summed E-state index contributed by atoms with van der Waals surface area (Å²) in [6.45, 7) is 9.32. The van der Waals surface area contributed by atoms with E-state index in [0.717, 1.165) is 18.4 Å². The molecule has 2 rings (SSSR count). The summed E-state index contributed by atoms with van der Waals surface area (Å²) in [4.78, 5) is 14.2. The Hall–Kier alpha value is -2.11. The summed E-state index contributed by atoms with van der Waals surface area (Å²) >= 11 is 0. The van der Waals surface area contributed by atoms with E-state index in [9.17, 15) is 13.6 Å². The molecule has 144 valence electrons. The van der Waals surface area contributed by atoms with E-state index in [4.69, 9.17) is 9.47 Å². The fraction of sp³-hybridized carbons (Fsp3) is 0.550. The van der Waals surface area contributed by atoms with E-state index in [-0.39, 0.29) is 6.54 Å². The molecule has 0 heterocycles. The number of carbonyl (C=O) groups is 1. The van der Waals surface area contributed by atoms with E-state index < -0.39 is 24.7 Å². The molecule has 0 aliphatic heterocycles. The van der Waals surface area contributed by atoms with Crippen molar-refractivity contribution in [3.8, 4) is 5.75 Å². The molecule has 6 heteroatoms. The average Bonchev–Trinajstić information content (AvgIpc) is 3.35. The summed E-state index contributed by atoms with van der Waals surface area (Å²) < 4.78 is 35.8. The Labute approximate surface area is 153 Å². The van der Waals surface area contributed by atoms with Crippen molar-refractivity contribution >= 4 is 12.2 Å². The maximum Gasteiger partial charge on any atom is 0.410 e. The minimum absolute atomic E-state index is 0.242. The first-order valence-corrected chi connectivity index (χ1v) is 8.82. The van der Waals surface area contributed by atoms with Gasteiger partial charge >= 0.3 is 6.09 Å². The van der Waals surface area contributed by atoms with Crippen molar-refractivity contribution in [2.75, 3.05) is 13.2 Å². The zero-order valence-electron chi connectivity index (χ0n) is 15.6. The van der Waals surface area contributed by atoms with Crippen LogP contribution in [0, 0.1) is 5.92 Å². The Balaban J connectivity index is 2.21. The van der Waals surface area contributed by atoms with E-state index in [2.05, 4.69) is 6.58 Å². The third kappa shape index (κ3) is 6.65. The third-order valence-electron chi connectivity index (χ3n) is 3.87. The number of ether oxygens (including phenoxy) is 2. The van der Waals surface area contributed by atoms with Gasteiger partial charge in [0.25, 0.3) is 6.43 Å². The maximum atomic E-state index is 12.6. The number of nitrogens with zero attached hydrogens (tertiary/aromatic N) is 1. The molecule has 0 spiro atoms. The standard InChI is InChI=1S/C20H27F2NO3/c1-5-14-8-9-17(25-13-18(21)22)16(10-14)12-23(11-15-6-7-15)19(24)26-20(2,3)4/h5,8-10,15,18H,1,6-7,11-13H2,2-4H3. The van der Waals surface area contributed by atoms with Crippen molar-refractivity contribution in [2.45, 2.75) is 52.2 Å². The van der Waals surface area contributed by atoms with Crippen LogP contribution in [0.3, 0.4) is 0 Å². The van der Waals surface area contributed by atoms with E-state index in [1.54, 1.807) is 29.2 Å². The highest BCUT2D eigenvalue weighted by Crippen LogP contribution is 2.32. The molecule has 1 saturated carbocycles. The van der Waals surface area contributed by atoms with Gasteiger partial charge in [0.1, 0.15) is 18.0 Å². The summed E-state index contributed by atoms with van der Waals surface area (Å²) in [5.74, 6) is 0.816. The molecule has 1 fully saturated rings. The second-order valence-corrected chi connectivity index (χ2v) is 7.58. The molecule has 1 aromatic rings. The summed E-state index contributed by atoms with van der Waals surface area (Å²) in [5.41, 5.74) is 0.895. The van der Waals surface area contributed by atoms with Gasteiger partial charge in [-0.25, -0.2) is 13.6 Å². The van der Waals surface area contributed by atoms with E-state index in [0.29, 0.717) is 23.8 Å². The average molecular weight is 367 g/mol. The fourth-order valence-corrected chi connectivity index (χ4v) is 2.49. The predicted molar refractivity (Wildman–Crippen MR) is 97.4 cm³/mol. The quantitative estimate of drug-likeness (QED) is 0.640. The maximum absolute atomic E-state index is 12.6. The number of halogens is 2. The van der Waals surface area contributed by atoms with Crippen LogP contribution in [-0.2, 0) is 11.3 Å². The molecule has 0 bridgehead atoms. The van der Waals surface area contributed by atoms with E-state index >= 15 is 0 Å². The zero-order valence-corrected chi connectivity index (χ0v) is 15.6. The number of hydrogen-bond acceptors (Lipinski definition) is 3. The monoisotopic (exact) mass is 367 g/mol. The Morgan fingerprint density at radius 2 is 2.08 bits per heavy atom. The molecule has 4 nitrogen and oxygen atoms in total. The second-order valence-electron chi connectivity index (χ2n) is 7.58. The van der Waals surface area contributed by atoms with Crippen LogP contribution in [0.1, 0.15) is 44.7 Å². The van der Waals surface area contributed by atoms with Crippen molar-refractivity contribution in [2.24, 2.45) is 5.92 Å². The minimum Gasteiger partial charge on any atom is -0.487 e. The van der Waals surface area contributed by atoms with Gasteiger partial charge < -0.3 is 14.4 Å². The van der Waals surface area contributed by atoms with Gasteiger partial charge in [-0.05, 0) is 57.2 Å². The highest BCUT2D eigenvalue weighted by atomic mass is 19.3. The normalized spacial score (nSPS) is 14.2. The lowest BCUT2D eigenvalue weighted by Gasteiger charge is -2.28. The van der Waals surface area contributed by atoms with Gasteiger partial charge in [-0.2, -0.15) is 0 Å². The lowest BCUT2D eigenvalue weighted by Crippen LogP contribution is -2.37. The molecular formula is C20H27F2NO3. The summed E-state index contributed by atoms with van der Waals surface area (Å²) in [5, 5.41) is 0. The number of amides is 1. The second kappa shape index (κ2) is 8.52. The summed E-state index contributed by atoms with van der Waals surface area (Å²) in [6.07, 6.45) is 0.865. The van der Waals surface area contributed by atoms with Crippen molar-refractivity contribution < 1.29 is 23.0 Å². The van der Waals surface area contributed by atoms with Crippen LogP contribution in [-0.4, -0.2) is 36.2 Å². The number of benzene rings is 1. The van der Waals surface area contributed by atoms with Crippen LogP contribution in [0.4, 0.5) is 13.6 Å². The largest absolute Gasteiger partial charge is 0.487 e. The van der Waals surface area contributed by atoms with Gasteiger partial charge in [-0.15, -0.1) is 0 Å². The van der Waals surface area contributed by atoms with Gasteiger partial charge in [0.2, 0.25) is 0 Å². The number of carbonyl (C=O) groups excluding carboxylic acids is 1. The van der Waals surface area contributed by atoms with Crippen molar-refractivity contribution in [1.29, 1.82) is 0 Å². The molecule has 0 N–H and O–H groups in total. The zero-order chi connectivity index (χ0) is 19.3. The van der Waals surface area contributed by atoms with Crippen LogP contribution in [0.2, 0.25) is 0 Å². The number of hydrogen-bond donors (Lipinski definition) is 0. The first kappa shape index (κ1) is 20.2. The Morgan fingerprint density at radius 3 is 2.62 bits per heavy atom. The highest BCUT2D eigenvalue weighted by molar-refractivity contribution is 5.68. The smallest absolute Gasteiger partial charge is 0.410 e. The molecule has 0 atom stereocenters. The topological polar surface area (TPSA) is 38.8 Å². The molecule has 0 radical (unpaired) electrons. The molecular weight excluding hydrogens is 340 g/mol. The van der Waals surface area contributed by atoms with Gasteiger partial charge in [0, 0.05) is 12.1 Å². The minimum atomic E-state index is -2.56. The first-order chi connectivity index (χ1) is 12.2. The summed E-state index contributed by atoms with van der Waals surface area (Å²) in [7, 11) is 0. The molecule has 1 aromatic carbocycles. The summed E-state index contributed by atoms with van der Waals surface area (Å²) in [6, 6.07) is 5.19. The van der Waals surface area contributed by atoms with Crippen LogP contribution >= 0.6 is 0 Å². The third-order valence-corrected chi connectivity index (χ3v) is 3.87. The van der Waals surface area contributed by atoms with E-state index in [1.165, 1.54) is 0 Å². The van der Waals surface area contributed by atoms with Crippen molar-refractivity contribution in [3.05, 3.63) is 35.9 Å². The van der Waals surface area contributed by atoms with Gasteiger partial charge in [0.05, 0.1) is 6.54 Å². The predicted octanol–water partition coefficient (Wildman–Crippen LogP) is 5.12. The number of alkyl halides is 2. The Kier molecular flexibility index (Phi) is 6.62. The molecule has 1 aliphatic carbocycles. The van der Waals surface area contributed by atoms with Crippen LogP contribution in [0.5, 0.6) is 5.75 Å². The Bertz CT molecular complexity index is 636. The SMILES string of the molecule is C=Cc1ccc(OCC(F)F)c(CN(CC2CC2)C(=O)OC(C)(C)C)c1. The molecule has 26 heavy (non-hydrogen) atoms. The molecule has 0 aromatic heterocycles. The molecule has 1 aliphatic rings. The first-order valence-electron chi connectivity index (χ1n) is 8.82. The van der Waals surface area contributed by atoms with Gasteiger partial charge in [-0.1, -0.05) is 18.7 Å². The number of rotatable bonds is 8. The lowest BCUT2D eigenvalue weighted by molar-refractivity contribution is 0.0220. The molecule has 1 amide bonds. The van der Waals surface area contributed by atoms with Crippen molar-refractivity contribution in [3.63, 3.8) is 0 Å². The molecule has 0 saturated heterocycles. The van der Waals surface area contributed by atoms with Crippen molar-refractivity contribution in [1.82, 2.24) is 4.90 Å². The van der Waals surface area contributed by atoms with Crippen LogP contribution < -0.4 is 4.74 Å². The fourth-order valence-electron chi connectivity index (χ4n) is 2.49. The Morgan fingerprint density at radius 1 is 1.38 bits per heavy atom. The van der Waals surface area contributed by atoms with Gasteiger partial charge in [0.15, 0.2) is 0 Å². The highest BCUT2D eigenvalue weighted by Gasteiger charge is 2.30.